The highest BCUT2D eigenvalue weighted by atomic mass is 32.2. The fraction of sp³-hybridized carbons (Fsp3) is 0.364. The summed E-state index contributed by atoms with van der Waals surface area (Å²) in [5.74, 6) is 5.67. The lowest BCUT2D eigenvalue weighted by atomic mass is 10.0. The zero-order valence-corrected chi connectivity index (χ0v) is 19.9. The average Bonchev–Trinajstić information content (AvgIpc) is 2.72. The van der Waals surface area contributed by atoms with Crippen molar-refractivity contribution in [2.24, 2.45) is 0 Å². The summed E-state index contributed by atoms with van der Waals surface area (Å²) in [5, 5.41) is 11.0. The topological polar surface area (TPSA) is 113 Å². The number of sulfone groups is 1. The largest absolute Gasteiger partial charge is 0.481 e. The summed E-state index contributed by atoms with van der Waals surface area (Å²) < 4.78 is 56.0. The van der Waals surface area contributed by atoms with Crippen molar-refractivity contribution < 1.29 is 26.8 Å². The third-order valence-electron chi connectivity index (χ3n) is 4.64. The fourth-order valence-electron chi connectivity index (χ4n) is 2.95. The summed E-state index contributed by atoms with van der Waals surface area (Å²) in [7, 11) is -5.55. The first-order valence-corrected chi connectivity index (χ1v) is 13.4. The molecule has 32 heavy (non-hydrogen) atoms. The monoisotopic (exact) mass is 480 g/mol. The summed E-state index contributed by atoms with van der Waals surface area (Å²) in [6, 6.07) is 12.3. The van der Waals surface area contributed by atoms with Crippen molar-refractivity contribution in [1.29, 1.82) is 0 Å². The van der Waals surface area contributed by atoms with Crippen molar-refractivity contribution in [3.05, 3.63) is 59.7 Å². The van der Waals surface area contributed by atoms with E-state index in [4.69, 9.17) is 4.74 Å². The van der Waals surface area contributed by atoms with E-state index in [9.17, 15) is 22.0 Å². The highest BCUT2D eigenvalue weighted by molar-refractivity contribution is 7.91. The van der Waals surface area contributed by atoms with Crippen LogP contribution in [-0.2, 0) is 26.3 Å². The molecule has 2 rings (SSSR count). The number of ether oxygens (including phenoxy) is 1. The van der Waals surface area contributed by atoms with E-state index in [2.05, 4.69) is 16.6 Å². The molecule has 0 aliphatic rings. The van der Waals surface area contributed by atoms with Gasteiger partial charge in [0.2, 0.25) is 10.0 Å². The minimum atomic E-state index is -3.70. The average molecular weight is 481 g/mol. The number of hydroxylamine groups is 2. The van der Waals surface area contributed by atoms with E-state index in [1.54, 1.807) is 43.3 Å². The molecule has 1 atom stereocenters. The van der Waals surface area contributed by atoms with E-state index < -0.39 is 25.9 Å². The highest BCUT2D eigenvalue weighted by Gasteiger charge is 2.25. The van der Waals surface area contributed by atoms with Crippen molar-refractivity contribution in [1.82, 2.24) is 9.79 Å². The Labute approximate surface area is 190 Å². The number of benzene rings is 2. The third kappa shape index (κ3) is 8.26. The Balaban J connectivity index is 2.10. The van der Waals surface area contributed by atoms with Crippen LogP contribution in [0.25, 0.3) is 0 Å². The zero-order chi connectivity index (χ0) is 23.8. The number of sulfonamides is 1. The molecule has 0 aliphatic heterocycles. The molecule has 174 valence electrons. The maximum absolute atomic E-state index is 12.9. The quantitative estimate of drug-likeness (QED) is 0.374. The van der Waals surface area contributed by atoms with Crippen LogP contribution in [0.2, 0.25) is 0 Å². The molecule has 2 N–H and O–H groups in total. The van der Waals surface area contributed by atoms with Gasteiger partial charge in [0.15, 0.2) is 9.84 Å². The van der Waals surface area contributed by atoms with Crippen molar-refractivity contribution in [3.8, 4) is 17.6 Å². The molecule has 0 aromatic heterocycles. The highest BCUT2D eigenvalue weighted by Crippen LogP contribution is 2.25. The number of nitrogens with zero attached hydrogens (tertiary/aromatic N) is 1. The standard InChI is InChI=1S/C22H28N2O6S2/c1-4-5-16-30-20-10-12-21(13-11-20)32(28,29)17-22(24(2)25)19-8-6-18(7-9-19)14-15-23-31(3,26)27/h6-13,22-23,25H,14-17H2,1-3H3. The minimum absolute atomic E-state index is 0.127. The predicted molar refractivity (Wildman–Crippen MR) is 123 cm³/mol. The molecular formula is C22H28N2O6S2. The Kier molecular flexibility index (Phi) is 9.24. The Bertz CT molecular complexity index is 1150. The first kappa shape index (κ1) is 25.8. The van der Waals surface area contributed by atoms with Crippen molar-refractivity contribution in [2.75, 3.05) is 32.2 Å². The van der Waals surface area contributed by atoms with Crippen molar-refractivity contribution in [2.45, 2.75) is 24.3 Å². The predicted octanol–water partition coefficient (Wildman–Crippen LogP) is 2.02. The molecule has 0 aliphatic carbocycles. The van der Waals surface area contributed by atoms with Crippen LogP contribution in [0.15, 0.2) is 53.4 Å². The molecule has 10 heteroatoms. The lowest BCUT2D eigenvalue weighted by Crippen LogP contribution is -2.28. The van der Waals surface area contributed by atoms with Crippen LogP contribution in [0.5, 0.6) is 5.75 Å². The first-order chi connectivity index (χ1) is 15.0. The Morgan fingerprint density at radius 2 is 1.69 bits per heavy atom. The molecule has 2 aromatic rings. The fourth-order valence-corrected chi connectivity index (χ4v) is 4.99. The van der Waals surface area contributed by atoms with Gasteiger partial charge in [-0.15, -0.1) is 5.92 Å². The molecule has 0 spiro atoms. The van der Waals surface area contributed by atoms with Gasteiger partial charge in [0.05, 0.1) is 22.9 Å². The van der Waals surface area contributed by atoms with E-state index in [0.717, 1.165) is 16.9 Å². The normalized spacial score (nSPS) is 12.8. The van der Waals surface area contributed by atoms with Crippen molar-refractivity contribution in [3.63, 3.8) is 0 Å². The molecule has 0 amide bonds. The maximum Gasteiger partial charge on any atom is 0.208 e. The second-order valence-corrected chi connectivity index (χ2v) is 11.1. The molecular weight excluding hydrogens is 452 g/mol. The molecule has 1 unspecified atom stereocenters. The lowest BCUT2D eigenvalue weighted by molar-refractivity contribution is -0.0973. The van der Waals surface area contributed by atoms with E-state index >= 15 is 0 Å². The number of rotatable bonds is 11. The van der Waals surface area contributed by atoms with Crippen LogP contribution in [0, 0.1) is 11.8 Å². The zero-order valence-electron chi connectivity index (χ0n) is 18.3. The minimum Gasteiger partial charge on any atom is -0.481 e. The van der Waals surface area contributed by atoms with Gasteiger partial charge in [-0.1, -0.05) is 30.2 Å². The van der Waals surface area contributed by atoms with Crippen LogP contribution >= 0.6 is 0 Å². The van der Waals surface area contributed by atoms with Gasteiger partial charge < -0.3 is 9.94 Å². The summed E-state index contributed by atoms with van der Waals surface area (Å²) in [6.07, 6.45) is 1.59. The van der Waals surface area contributed by atoms with E-state index in [-0.39, 0.29) is 23.8 Å². The van der Waals surface area contributed by atoms with Crippen molar-refractivity contribution >= 4 is 19.9 Å². The Hall–Kier alpha value is -2.42. The van der Waals surface area contributed by atoms with Crippen LogP contribution in [0.1, 0.15) is 24.1 Å². The van der Waals surface area contributed by atoms with Gasteiger partial charge in [-0.2, -0.15) is 5.06 Å². The molecule has 8 nitrogen and oxygen atoms in total. The van der Waals surface area contributed by atoms with Gasteiger partial charge in [0, 0.05) is 13.6 Å². The molecule has 0 heterocycles. The number of nitrogens with one attached hydrogen (secondary N) is 1. The van der Waals surface area contributed by atoms with Gasteiger partial charge in [-0.3, -0.25) is 0 Å². The lowest BCUT2D eigenvalue weighted by Gasteiger charge is -2.23. The summed E-state index contributed by atoms with van der Waals surface area (Å²) >= 11 is 0. The summed E-state index contributed by atoms with van der Waals surface area (Å²) in [6.45, 7) is 2.19. The van der Waals surface area contributed by atoms with Gasteiger partial charge in [-0.25, -0.2) is 21.6 Å². The van der Waals surface area contributed by atoms with E-state index in [1.165, 1.54) is 19.2 Å². The van der Waals surface area contributed by atoms with Gasteiger partial charge in [-0.05, 0) is 48.7 Å². The van der Waals surface area contributed by atoms with Crippen LogP contribution in [0.4, 0.5) is 0 Å². The molecule has 0 radical (unpaired) electrons. The molecule has 0 fully saturated rings. The molecule has 0 bridgehead atoms. The molecule has 0 saturated carbocycles. The first-order valence-electron chi connectivity index (χ1n) is 9.82. The summed E-state index contributed by atoms with van der Waals surface area (Å²) in [5.41, 5.74) is 1.51. The SMILES string of the molecule is CC#CCOc1ccc(S(=O)(=O)CC(c2ccc(CCNS(C)(=O)=O)cc2)N(C)O)cc1. The third-order valence-corrected chi connectivity index (χ3v) is 7.11. The van der Waals surface area contributed by atoms with E-state index in [0.29, 0.717) is 17.7 Å². The van der Waals surface area contributed by atoms with Gasteiger partial charge in [0.25, 0.3) is 0 Å². The smallest absolute Gasteiger partial charge is 0.208 e. The molecule has 2 aromatic carbocycles. The van der Waals surface area contributed by atoms with E-state index in [1.807, 2.05) is 0 Å². The number of hydrogen-bond acceptors (Lipinski definition) is 7. The number of hydrogen-bond donors (Lipinski definition) is 2. The van der Waals surface area contributed by atoms with Crippen LogP contribution < -0.4 is 9.46 Å². The van der Waals surface area contributed by atoms with Gasteiger partial charge >= 0.3 is 0 Å². The summed E-state index contributed by atoms with van der Waals surface area (Å²) in [4.78, 5) is 0.127. The molecule has 0 saturated heterocycles. The van der Waals surface area contributed by atoms with Gasteiger partial charge in [0.1, 0.15) is 12.4 Å². The Morgan fingerprint density at radius 3 is 2.22 bits per heavy atom. The van der Waals surface area contributed by atoms with Crippen LogP contribution in [-0.4, -0.2) is 59.3 Å². The Morgan fingerprint density at radius 1 is 1.06 bits per heavy atom. The second kappa shape index (κ2) is 11.4. The second-order valence-electron chi connectivity index (χ2n) is 7.22. The maximum atomic E-state index is 12.9. The van der Waals surface area contributed by atoms with Crippen LogP contribution in [0.3, 0.4) is 0 Å².